The monoisotopic (exact) mass is 865 g/mol. The zero-order chi connectivity index (χ0) is 43.7. The van der Waals surface area contributed by atoms with E-state index >= 15 is 0 Å². The van der Waals surface area contributed by atoms with Gasteiger partial charge in [-0.05, 0) is 92.3 Å². The fraction of sp³-hybridized carbons (Fsp3) is 0.489. The number of imide groups is 2. The van der Waals surface area contributed by atoms with E-state index in [1.807, 2.05) is 12.3 Å². The molecule has 0 saturated carbocycles. The maximum absolute atomic E-state index is 13.3. The van der Waals surface area contributed by atoms with Crippen LogP contribution in [0.15, 0.2) is 54.9 Å². The fourth-order valence-electron chi connectivity index (χ4n) is 9.11. The number of carbonyl (C=O) groups excluding carboxylic acids is 4. The van der Waals surface area contributed by atoms with Gasteiger partial charge < -0.3 is 25.2 Å². The summed E-state index contributed by atoms with van der Waals surface area (Å²) in [5, 5.41) is 11.0. The van der Waals surface area contributed by atoms with Crippen LogP contribution in [0, 0.1) is 5.92 Å². The predicted octanol–water partition coefficient (Wildman–Crippen LogP) is 5.43. The number of hydrogen-bond acceptors (Lipinski definition) is 14. The van der Waals surface area contributed by atoms with Crippen LogP contribution in [0.2, 0.25) is 0 Å². The Bertz CT molecular complexity index is 2490. The normalized spacial score (nSPS) is 20.8. The Morgan fingerprint density at radius 2 is 1.69 bits per heavy atom. The number of unbranched alkanes of at least 4 members (excludes halogenated alkanes) is 2. The van der Waals surface area contributed by atoms with E-state index in [9.17, 15) is 27.6 Å². The van der Waals surface area contributed by atoms with E-state index in [2.05, 4.69) is 69.7 Å². The van der Waals surface area contributed by atoms with Crippen molar-refractivity contribution in [2.75, 3.05) is 65.2 Å². The molecule has 16 nitrogen and oxygen atoms in total. The van der Waals surface area contributed by atoms with Gasteiger partial charge in [0.1, 0.15) is 17.7 Å². The summed E-state index contributed by atoms with van der Waals surface area (Å²) in [6, 6.07) is 12.1. The van der Waals surface area contributed by atoms with E-state index in [-0.39, 0.29) is 59.5 Å². The fourth-order valence-corrected chi connectivity index (χ4v) is 11.0. The second kappa shape index (κ2) is 18.0. The molecular formula is C45H55N9O7S. The number of hydrogen-bond donors (Lipinski definition) is 3. The summed E-state index contributed by atoms with van der Waals surface area (Å²) in [6.45, 7) is 9.33. The van der Waals surface area contributed by atoms with Gasteiger partial charge in [0.05, 0.1) is 28.7 Å². The first kappa shape index (κ1) is 43.0. The standard InChI is InChI=1S/C45H55N9O7S/c1-27(2)32-10-11-37(36-24-48-40(23-34(32)36)49-39-14-18-47-45(50-39)52-19-15-31(61-4)16-20-52)53-25-29(28(53)3)26-62(59,60)21-7-5-6-17-46-30-8-9-33-35(22-30)44(58)54(43(33)57)38-12-13-41(55)51-42(38)56/h8-11,14,18,22-24,27-29,31,38,46H,5-7,12-13,15-17,19-21,25-26H2,1-4H3,(H,51,55,56)(H,47,48,49,50)/t28-,29-,38?/m1/s1. The minimum atomic E-state index is -3.28. The van der Waals surface area contributed by atoms with Crippen molar-refractivity contribution in [2.45, 2.75) is 89.8 Å². The van der Waals surface area contributed by atoms with Crippen LogP contribution in [0.3, 0.4) is 0 Å². The summed E-state index contributed by atoms with van der Waals surface area (Å²) < 4.78 is 32.1. The molecule has 1 unspecified atom stereocenters. The van der Waals surface area contributed by atoms with Gasteiger partial charge in [0.25, 0.3) is 11.8 Å². The Balaban J connectivity index is 0.818. The lowest BCUT2D eigenvalue weighted by atomic mass is 9.88. The molecule has 0 bridgehead atoms. The first-order valence-corrected chi connectivity index (χ1v) is 23.5. The van der Waals surface area contributed by atoms with Crippen LogP contribution in [0.5, 0.6) is 0 Å². The topological polar surface area (TPSA) is 196 Å². The summed E-state index contributed by atoms with van der Waals surface area (Å²) >= 11 is 0. The second-order valence-corrected chi connectivity index (χ2v) is 19.4. The molecule has 3 fully saturated rings. The molecule has 3 N–H and O–H groups in total. The van der Waals surface area contributed by atoms with Crippen molar-refractivity contribution in [3.8, 4) is 0 Å². The van der Waals surface area contributed by atoms with Crippen LogP contribution >= 0.6 is 0 Å². The zero-order valence-electron chi connectivity index (χ0n) is 35.7. The van der Waals surface area contributed by atoms with Crippen molar-refractivity contribution in [3.63, 3.8) is 0 Å². The Morgan fingerprint density at radius 3 is 2.44 bits per heavy atom. The molecule has 0 aliphatic carbocycles. The largest absolute Gasteiger partial charge is 0.385 e. The van der Waals surface area contributed by atoms with E-state index in [0.717, 1.165) is 47.3 Å². The smallest absolute Gasteiger partial charge is 0.262 e. The third-order valence-electron chi connectivity index (χ3n) is 12.8. The van der Waals surface area contributed by atoms with Gasteiger partial charge in [0, 0.05) is 80.8 Å². The molecule has 3 atom stereocenters. The van der Waals surface area contributed by atoms with Gasteiger partial charge in [0.15, 0.2) is 9.84 Å². The molecule has 4 aromatic rings. The van der Waals surface area contributed by atoms with Crippen molar-refractivity contribution in [1.82, 2.24) is 25.2 Å². The molecule has 3 saturated heterocycles. The summed E-state index contributed by atoms with van der Waals surface area (Å²) in [5.74, 6) is 0.426. The highest BCUT2D eigenvalue weighted by molar-refractivity contribution is 7.91. The molecular weight excluding hydrogens is 811 g/mol. The van der Waals surface area contributed by atoms with Crippen molar-refractivity contribution in [3.05, 3.63) is 71.5 Å². The maximum Gasteiger partial charge on any atom is 0.262 e. The molecule has 0 radical (unpaired) electrons. The van der Waals surface area contributed by atoms with Gasteiger partial charge in [0.2, 0.25) is 17.8 Å². The zero-order valence-corrected chi connectivity index (χ0v) is 36.5. The third kappa shape index (κ3) is 8.96. The molecule has 4 amide bonds. The average Bonchev–Trinajstić information content (AvgIpc) is 3.50. The van der Waals surface area contributed by atoms with Gasteiger partial charge in [-0.2, -0.15) is 4.98 Å². The van der Waals surface area contributed by atoms with E-state index < -0.39 is 39.5 Å². The number of nitrogens with one attached hydrogen (secondary N) is 3. The summed E-state index contributed by atoms with van der Waals surface area (Å²) in [5.41, 5.74) is 3.34. The lowest BCUT2D eigenvalue weighted by Crippen LogP contribution is -2.57. The Morgan fingerprint density at radius 1 is 0.903 bits per heavy atom. The first-order valence-electron chi connectivity index (χ1n) is 21.7. The second-order valence-electron chi connectivity index (χ2n) is 17.2. The molecule has 4 aliphatic heterocycles. The first-order chi connectivity index (χ1) is 29.8. The number of sulfone groups is 1. The number of carbonyl (C=O) groups is 4. The highest BCUT2D eigenvalue weighted by Gasteiger charge is 2.45. The predicted molar refractivity (Wildman–Crippen MR) is 238 cm³/mol. The van der Waals surface area contributed by atoms with E-state index in [4.69, 9.17) is 14.7 Å². The van der Waals surface area contributed by atoms with Crippen LogP contribution in [-0.4, -0.2) is 115 Å². The molecule has 6 heterocycles. The van der Waals surface area contributed by atoms with Crippen LogP contribution in [0.1, 0.15) is 97.9 Å². The van der Waals surface area contributed by atoms with Gasteiger partial charge >= 0.3 is 0 Å². The number of aromatic nitrogens is 3. The van der Waals surface area contributed by atoms with Gasteiger partial charge in [-0.1, -0.05) is 26.3 Å². The Labute approximate surface area is 362 Å². The highest BCUT2D eigenvalue weighted by atomic mass is 32.2. The van der Waals surface area contributed by atoms with Crippen molar-refractivity contribution in [1.29, 1.82) is 0 Å². The number of nitrogens with zero attached hydrogens (tertiary/aromatic N) is 6. The molecule has 62 heavy (non-hydrogen) atoms. The minimum absolute atomic E-state index is 0.0166. The van der Waals surface area contributed by atoms with Gasteiger partial charge in [-0.25, -0.2) is 18.4 Å². The van der Waals surface area contributed by atoms with Crippen molar-refractivity contribution >= 4 is 73.2 Å². The van der Waals surface area contributed by atoms with Gasteiger partial charge in [-0.15, -0.1) is 0 Å². The lowest BCUT2D eigenvalue weighted by Gasteiger charge is -2.48. The maximum atomic E-state index is 13.3. The number of anilines is 5. The molecule has 2 aromatic carbocycles. The Hall–Kier alpha value is -5.68. The quantitative estimate of drug-likeness (QED) is 0.0953. The van der Waals surface area contributed by atoms with Gasteiger partial charge in [-0.3, -0.25) is 29.4 Å². The molecule has 17 heteroatoms. The number of piperidine rings is 2. The number of benzene rings is 2. The van der Waals surface area contributed by atoms with Crippen molar-refractivity contribution in [2.24, 2.45) is 5.92 Å². The highest BCUT2D eigenvalue weighted by Crippen LogP contribution is 2.40. The number of ether oxygens (including phenoxy) is 1. The Kier molecular flexibility index (Phi) is 12.5. The van der Waals surface area contributed by atoms with Crippen LogP contribution < -0.4 is 25.8 Å². The van der Waals surface area contributed by atoms with Crippen LogP contribution in [0.4, 0.5) is 29.0 Å². The van der Waals surface area contributed by atoms with Crippen LogP contribution in [0.25, 0.3) is 10.8 Å². The van der Waals surface area contributed by atoms with Crippen molar-refractivity contribution < 1.29 is 32.3 Å². The van der Waals surface area contributed by atoms with Crippen LogP contribution in [-0.2, 0) is 24.2 Å². The summed E-state index contributed by atoms with van der Waals surface area (Å²) in [6.07, 6.45) is 7.94. The van der Waals surface area contributed by atoms with E-state index in [1.165, 1.54) is 5.56 Å². The molecule has 4 aliphatic rings. The molecule has 0 spiro atoms. The lowest BCUT2D eigenvalue weighted by molar-refractivity contribution is -0.136. The number of rotatable bonds is 16. The number of fused-ring (bicyclic) bond motifs is 2. The molecule has 328 valence electrons. The number of methoxy groups -OCH3 is 1. The molecule has 2 aromatic heterocycles. The summed E-state index contributed by atoms with van der Waals surface area (Å²) in [4.78, 5) is 69.6. The molecule has 8 rings (SSSR count). The number of amides is 4. The summed E-state index contributed by atoms with van der Waals surface area (Å²) in [7, 11) is -1.52. The number of pyridine rings is 1. The third-order valence-corrected chi connectivity index (χ3v) is 14.6. The van der Waals surface area contributed by atoms with E-state index in [0.29, 0.717) is 55.6 Å². The van der Waals surface area contributed by atoms with E-state index in [1.54, 1.807) is 31.5 Å². The average molecular weight is 866 g/mol. The minimum Gasteiger partial charge on any atom is -0.385 e. The SMILES string of the molecule is COC1CCN(c2nccc(Nc3cc4c(C(C)C)ccc(N5C[C@H](CS(=O)(=O)CCCCCNc6ccc7c(c6)C(=O)N(C6CCC(=O)NC6=O)C7=O)[C@H]5C)c4cn3)n2)CC1.